The number of nitrogen functional groups attached to an aromatic ring is 1. The van der Waals surface area contributed by atoms with Crippen LogP contribution in [0.4, 0.5) is 5.69 Å². The van der Waals surface area contributed by atoms with Crippen molar-refractivity contribution in [2.24, 2.45) is 0 Å². The first-order valence-electron chi connectivity index (χ1n) is 6.49. The van der Waals surface area contributed by atoms with E-state index in [0.717, 1.165) is 30.0 Å². The summed E-state index contributed by atoms with van der Waals surface area (Å²) in [5.41, 5.74) is 7.77. The van der Waals surface area contributed by atoms with Crippen LogP contribution in [0, 0.1) is 0 Å². The van der Waals surface area contributed by atoms with Crippen LogP contribution >= 0.6 is 0 Å². The average molecular weight is 255 g/mol. The van der Waals surface area contributed by atoms with Gasteiger partial charge in [-0.15, -0.1) is 0 Å². The van der Waals surface area contributed by atoms with E-state index in [1.807, 2.05) is 22.9 Å². The summed E-state index contributed by atoms with van der Waals surface area (Å²) in [7, 11) is 0. The summed E-state index contributed by atoms with van der Waals surface area (Å²) in [4.78, 5) is 4.34. The van der Waals surface area contributed by atoms with Crippen LogP contribution < -0.4 is 5.73 Å². The summed E-state index contributed by atoms with van der Waals surface area (Å²) in [6.45, 7) is 3.75. The van der Waals surface area contributed by atoms with E-state index in [1.165, 1.54) is 5.39 Å². The van der Waals surface area contributed by atoms with Crippen LogP contribution in [0.5, 0.6) is 0 Å². The fourth-order valence-electron chi connectivity index (χ4n) is 2.30. The first-order valence-corrected chi connectivity index (χ1v) is 6.49. The van der Waals surface area contributed by atoms with Gasteiger partial charge >= 0.3 is 0 Å². The van der Waals surface area contributed by atoms with Crippen molar-refractivity contribution in [2.75, 3.05) is 5.73 Å². The van der Waals surface area contributed by atoms with Crippen LogP contribution in [-0.2, 0) is 13.1 Å². The number of aromatic nitrogens is 4. The van der Waals surface area contributed by atoms with Crippen molar-refractivity contribution in [1.29, 1.82) is 0 Å². The van der Waals surface area contributed by atoms with E-state index in [9.17, 15) is 0 Å². The molecule has 98 valence electrons. The van der Waals surface area contributed by atoms with Gasteiger partial charge in [-0.25, -0.2) is 9.67 Å². The van der Waals surface area contributed by atoms with E-state index in [-0.39, 0.29) is 0 Å². The van der Waals surface area contributed by atoms with E-state index in [0.29, 0.717) is 6.54 Å². The number of benzene rings is 1. The number of aryl methyl sites for hydroxylation is 1. The predicted molar refractivity (Wildman–Crippen MR) is 75.8 cm³/mol. The molecule has 0 bridgehead atoms. The summed E-state index contributed by atoms with van der Waals surface area (Å²) < 4.78 is 4.11. The van der Waals surface area contributed by atoms with Gasteiger partial charge < -0.3 is 10.3 Å². The minimum atomic E-state index is 0.715. The summed E-state index contributed by atoms with van der Waals surface area (Å²) in [5, 5.41) is 5.44. The molecular formula is C14H17N5. The number of nitrogens with zero attached hydrogens (tertiary/aromatic N) is 4. The fourth-order valence-corrected chi connectivity index (χ4v) is 2.30. The standard InChI is InChI=1S/C14H17N5/c1-2-6-19-14(16-10-17-19)9-18-7-5-11-3-4-12(15)8-13(11)18/h3-5,7-8,10H,2,6,9,15H2,1H3. The number of hydrogen-bond acceptors (Lipinski definition) is 3. The monoisotopic (exact) mass is 255 g/mol. The zero-order chi connectivity index (χ0) is 13.2. The summed E-state index contributed by atoms with van der Waals surface area (Å²) in [6.07, 6.45) is 4.73. The van der Waals surface area contributed by atoms with Gasteiger partial charge in [-0.2, -0.15) is 5.10 Å². The molecule has 3 rings (SSSR count). The average Bonchev–Trinajstić information content (AvgIpc) is 2.99. The van der Waals surface area contributed by atoms with Gasteiger partial charge in [-0.3, -0.25) is 0 Å². The van der Waals surface area contributed by atoms with Gasteiger partial charge in [0.2, 0.25) is 0 Å². The first kappa shape index (κ1) is 11.8. The second-order valence-electron chi connectivity index (χ2n) is 4.66. The minimum absolute atomic E-state index is 0.715. The molecule has 0 amide bonds. The molecule has 0 spiro atoms. The van der Waals surface area contributed by atoms with Crippen molar-refractivity contribution in [3.05, 3.63) is 42.6 Å². The Bertz CT molecular complexity index is 695. The van der Waals surface area contributed by atoms with Gasteiger partial charge in [0.25, 0.3) is 0 Å². The van der Waals surface area contributed by atoms with E-state index in [1.54, 1.807) is 6.33 Å². The van der Waals surface area contributed by atoms with Crippen LogP contribution in [0.3, 0.4) is 0 Å². The molecule has 0 radical (unpaired) electrons. The summed E-state index contributed by atoms with van der Waals surface area (Å²) in [6, 6.07) is 8.05. The molecule has 0 unspecified atom stereocenters. The molecule has 3 aromatic rings. The first-order chi connectivity index (χ1) is 9.28. The Kier molecular flexibility index (Phi) is 2.95. The quantitative estimate of drug-likeness (QED) is 0.727. The third kappa shape index (κ3) is 2.19. The SMILES string of the molecule is CCCn1ncnc1Cn1ccc2ccc(N)cc21. The summed E-state index contributed by atoms with van der Waals surface area (Å²) >= 11 is 0. The molecule has 0 atom stereocenters. The molecule has 0 saturated carbocycles. The zero-order valence-corrected chi connectivity index (χ0v) is 11.0. The highest BCUT2D eigenvalue weighted by Gasteiger charge is 2.07. The Morgan fingerprint density at radius 2 is 2.16 bits per heavy atom. The molecule has 1 aromatic carbocycles. The van der Waals surface area contributed by atoms with Crippen molar-refractivity contribution in [3.8, 4) is 0 Å². The number of anilines is 1. The molecule has 0 saturated heterocycles. The van der Waals surface area contributed by atoms with Crippen LogP contribution in [0.15, 0.2) is 36.8 Å². The Labute approximate surface area is 111 Å². The second-order valence-corrected chi connectivity index (χ2v) is 4.66. The minimum Gasteiger partial charge on any atom is -0.399 e. The fraction of sp³-hybridized carbons (Fsp3) is 0.286. The maximum atomic E-state index is 5.86. The lowest BCUT2D eigenvalue weighted by molar-refractivity contribution is 0.557. The molecular weight excluding hydrogens is 238 g/mol. The van der Waals surface area contributed by atoms with Gasteiger partial charge in [-0.05, 0) is 30.0 Å². The highest BCUT2D eigenvalue weighted by Crippen LogP contribution is 2.19. The van der Waals surface area contributed by atoms with Gasteiger partial charge in [-0.1, -0.05) is 13.0 Å². The highest BCUT2D eigenvalue weighted by molar-refractivity contribution is 5.83. The Morgan fingerprint density at radius 3 is 3.00 bits per heavy atom. The highest BCUT2D eigenvalue weighted by atomic mass is 15.3. The zero-order valence-electron chi connectivity index (χ0n) is 11.0. The maximum absolute atomic E-state index is 5.86. The molecule has 2 N–H and O–H groups in total. The lowest BCUT2D eigenvalue weighted by Crippen LogP contribution is -2.09. The number of fused-ring (bicyclic) bond motifs is 1. The Balaban J connectivity index is 1.96. The molecule has 0 aliphatic carbocycles. The number of rotatable bonds is 4. The lowest BCUT2D eigenvalue weighted by atomic mass is 10.2. The number of hydrogen-bond donors (Lipinski definition) is 1. The van der Waals surface area contributed by atoms with Crippen LogP contribution in [0.2, 0.25) is 0 Å². The normalized spacial score (nSPS) is 11.2. The molecule has 19 heavy (non-hydrogen) atoms. The van der Waals surface area contributed by atoms with Crippen LogP contribution in [0.1, 0.15) is 19.2 Å². The third-order valence-corrected chi connectivity index (χ3v) is 3.24. The third-order valence-electron chi connectivity index (χ3n) is 3.24. The molecule has 5 heteroatoms. The molecule has 0 aliphatic rings. The Hall–Kier alpha value is -2.30. The van der Waals surface area contributed by atoms with E-state index >= 15 is 0 Å². The van der Waals surface area contributed by atoms with Gasteiger partial charge in [0, 0.05) is 18.4 Å². The maximum Gasteiger partial charge on any atom is 0.146 e. The molecule has 2 aromatic heterocycles. The Morgan fingerprint density at radius 1 is 1.26 bits per heavy atom. The van der Waals surface area contributed by atoms with Crippen molar-refractivity contribution in [3.63, 3.8) is 0 Å². The van der Waals surface area contributed by atoms with Crippen molar-refractivity contribution < 1.29 is 0 Å². The van der Waals surface area contributed by atoms with Gasteiger partial charge in [0.05, 0.1) is 12.1 Å². The number of nitrogens with two attached hydrogens (primary N) is 1. The van der Waals surface area contributed by atoms with E-state index in [4.69, 9.17) is 5.73 Å². The molecule has 2 heterocycles. The van der Waals surface area contributed by atoms with Gasteiger partial charge in [0.1, 0.15) is 12.2 Å². The largest absolute Gasteiger partial charge is 0.399 e. The van der Waals surface area contributed by atoms with Crippen molar-refractivity contribution in [1.82, 2.24) is 19.3 Å². The molecule has 0 fully saturated rings. The predicted octanol–water partition coefficient (Wildman–Crippen LogP) is 2.27. The lowest BCUT2D eigenvalue weighted by Gasteiger charge is -2.07. The van der Waals surface area contributed by atoms with Crippen molar-refractivity contribution in [2.45, 2.75) is 26.4 Å². The van der Waals surface area contributed by atoms with Crippen LogP contribution in [-0.4, -0.2) is 19.3 Å². The molecule has 0 aliphatic heterocycles. The second kappa shape index (κ2) is 4.76. The summed E-state index contributed by atoms with van der Waals surface area (Å²) in [5.74, 6) is 0.974. The van der Waals surface area contributed by atoms with Gasteiger partial charge in [0.15, 0.2) is 0 Å². The van der Waals surface area contributed by atoms with E-state index in [2.05, 4.69) is 33.8 Å². The smallest absolute Gasteiger partial charge is 0.146 e. The molecule has 5 nitrogen and oxygen atoms in total. The van der Waals surface area contributed by atoms with Crippen molar-refractivity contribution >= 4 is 16.6 Å². The van der Waals surface area contributed by atoms with E-state index < -0.39 is 0 Å². The van der Waals surface area contributed by atoms with Crippen LogP contribution in [0.25, 0.3) is 10.9 Å². The topological polar surface area (TPSA) is 61.7 Å².